The number of carbonyl (C=O) groups is 2. The third kappa shape index (κ3) is 6.64. The van der Waals surface area contributed by atoms with E-state index in [4.69, 9.17) is 32.7 Å². The summed E-state index contributed by atoms with van der Waals surface area (Å²) in [6.07, 6.45) is 3.29. The number of carbonyl (C=O) groups excluding carboxylic acids is 2. The number of fused-ring (bicyclic) bond motifs is 1. The van der Waals surface area contributed by atoms with Crippen molar-refractivity contribution in [3.05, 3.63) is 106 Å². The van der Waals surface area contributed by atoms with Crippen molar-refractivity contribution in [3.8, 4) is 17.4 Å². The number of amides is 2. The fourth-order valence-electron chi connectivity index (χ4n) is 5.41. The standard InChI is InChI=1S/C34H32Cl2N6O4/c1-39(33(43)22-4-9-28(35)29(36)17-22)25-6-11-32(38-19-25)46-26-8-10-30-23(16-26)18-31(40(30)2)34(44)42-14-12-41(13-15-42)21-24-5-7-27(45-3)20-37-24/h4-11,16-20H,12-15,21H2,1-3H3. The third-order valence-electron chi connectivity index (χ3n) is 8.11. The molecule has 0 N–H and O–H groups in total. The lowest BCUT2D eigenvalue weighted by Gasteiger charge is -2.34. The summed E-state index contributed by atoms with van der Waals surface area (Å²) in [5.41, 5.74) is 3.51. The first kappa shape index (κ1) is 31.3. The van der Waals surface area contributed by atoms with Crippen LogP contribution in [0.2, 0.25) is 10.0 Å². The van der Waals surface area contributed by atoms with E-state index in [-0.39, 0.29) is 11.8 Å². The monoisotopic (exact) mass is 658 g/mol. The Labute approximate surface area is 276 Å². The second-order valence-corrected chi connectivity index (χ2v) is 11.8. The fraction of sp³-hybridized carbons (Fsp3) is 0.235. The van der Waals surface area contributed by atoms with Gasteiger partial charge in [0.1, 0.15) is 17.2 Å². The number of anilines is 1. The topological polar surface area (TPSA) is 93.0 Å². The van der Waals surface area contributed by atoms with Crippen LogP contribution in [-0.2, 0) is 13.6 Å². The number of aryl methyl sites for hydroxylation is 1. The molecule has 2 amide bonds. The van der Waals surface area contributed by atoms with E-state index in [1.807, 2.05) is 52.9 Å². The second-order valence-electron chi connectivity index (χ2n) is 11.0. The molecule has 0 saturated carbocycles. The fourth-order valence-corrected chi connectivity index (χ4v) is 5.71. The zero-order chi connectivity index (χ0) is 32.4. The first-order valence-electron chi connectivity index (χ1n) is 14.7. The molecule has 0 bridgehead atoms. The SMILES string of the molecule is COc1ccc(CN2CCN(C(=O)c3cc4cc(Oc5ccc(N(C)C(=O)c6ccc(Cl)c(Cl)c6)cn5)ccc4n3C)CC2)nc1. The number of ether oxygens (including phenoxy) is 2. The lowest BCUT2D eigenvalue weighted by Crippen LogP contribution is -2.48. The molecule has 1 aliphatic heterocycles. The molecule has 2 aromatic carbocycles. The van der Waals surface area contributed by atoms with Crippen molar-refractivity contribution in [1.82, 2.24) is 24.3 Å². The smallest absolute Gasteiger partial charge is 0.270 e. The molecule has 0 unspecified atom stereocenters. The molecule has 46 heavy (non-hydrogen) atoms. The van der Waals surface area contributed by atoms with Crippen LogP contribution in [0.5, 0.6) is 17.4 Å². The van der Waals surface area contributed by atoms with Crippen LogP contribution < -0.4 is 14.4 Å². The summed E-state index contributed by atoms with van der Waals surface area (Å²) < 4.78 is 13.1. The minimum absolute atomic E-state index is 0.000171. The van der Waals surface area contributed by atoms with E-state index in [1.54, 1.807) is 50.8 Å². The van der Waals surface area contributed by atoms with E-state index in [9.17, 15) is 9.59 Å². The Balaban J connectivity index is 1.08. The van der Waals surface area contributed by atoms with Gasteiger partial charge in [0.25, 0.3) is 11.8 Å². The van der Waals surface area contributed by atoms with Gasteiger partial charge >= 0.3 is 0 Å². The van der Waals surface area contributed by atoms with E-state index in [0.717, 1.165) is 42.0 Å². The molecule has 1 saturated heterocycles. The average Bonchev–Trinajstić information content (AvgIpc) is 3.41. The predicted octanol–water partition coefficient (Wildman–Crippen LogP) is 6.31. The molecular weight excluding hydrogens is 627 g/mol. The molecule has 1 aliphatic rings. The summed E-state index contributed by atoms with van der Waals surface area (Å²) in [7, 11) is 5.18. The van der Waals surface area contributed by atoms with E-state index in [1.165, 1.54) is 11.0 Å². The van der Waals surface area contributed by atoms with Gasteiger partial charge in [-0.15, -0.1) is 0 Å². The number of methoxy groups -OCH3 is 1. The first-order chi connectivity index (χ1) is 22.2. The maximum absolute atomic E-state index is 13.5. The molecule has 0 atom stereocenters. The van der Waals surface area contributed by atoms with Crippen LogP contribution in [0.15, 0.2) is 79.1 Å². The molecule has 5 aromatic rings. The summed E-state index contributed by atoms with van der Waals surface area (Å²) in [6.45, 7) is 3.55. The van der Waals surface area contributed by atoms with Crippen molar-refractivity contribution in [2.24, 2.45) is 7.05 Å². The minimum atomic E-state index is -0.248. The highest BCUT2D eigenvalue weighted by atomic mass is 35.5. The molecular formula is C34H32Cl2N6O4. The van der Waals surface area contributed by atoms with Crippen LogP contribution in [0, 0.1) is 0 Å². The average molecular weight is 660 g/mol. The molecule has 4 heterocycles. The summed E-state index contributed by atoms with van der Waals surface area (Å²) in [4.78, 5) is 41.0. The van der Waals surface area contributed by atoms with Gasteiger partial charge in [0.05, 0.1) is 40.9 Å². The molecule has 10 nitrogen and oxygen atoms in total. The van der Waals surface area contributed by atoms with Crippen molar-refractivity contribution >= 4 is 51.6 Å². The number of piperazine rings is 1. The number of aromatic nitrogens is 3. The zero-order valence-electron chi connectivity index (χ0n) is 25.6. The van der Waals surface area contributed by atoms with Crippen molar-refractivity contribution in [2.75, 3.05) is 45.2 Å². The van der Waals surface area contributed by atoms with Crippen molar-refractivity contribution < 1.29 is 19.1 Å². The highest BCUT2D eigenvalue weighted by molar-refractivity contribution is 6.42. The van der Waals surface area contributed by atoms with Gasteiger partial charge in [0.2, 0.25) is 5.88 Å². The van der Waals surface area contributed by atoms with Gasteiger partial charge in [-0.05, 0) is 60.7 Å². The van der Waals surface area contributed by atoms with E-state index in [0.29, 0.717) is 51.7 Å². The Morgan fingerprint density at radius 1 is 0.870 bits per heavy atom. The molecule has 236 valence electrons. The maximum atomic E-state index is 13.5. The number of rotatable bonds is 8. The lowest BCUT2D eigenvalue weighted by atomic mass is 10.2. The van der Waals surface area contributed by atoms with Gasteiger partial charge in [-0.2, -0.15) is 0 Å². The normalized spacial score (nSPS) is 13.5. The number of halogens is 2. The summed E-state index contributed by atoms with van der Waals surface area (Å²) in [6, 6.07) is 19.7. The Hall–Kier alpha value is -4.64. The third-order valence-corrected chi connectivity index (χ3v) is 8.85. The molecule has 12 heteroatoms. The van der Waals surface area contributed by atoms with Gasteiger partial charge in [0, 0.05) is 69.4 Å². The number of benzene rings is 2. The van der Waals surface area contributed by atoms with E-state index >= 15 is 0 Å². The highest BCUT2D eigenvalue weighted by Crippen LogP contribution is 2.29. The molecule has 1 fully saturated rings. The van der Waals surface area contributed by atoms with Crippen LogP contribution in [0.25, 0.3) is 10.9 Å². The second kappa shape index (κ2) is 13.4. The summed E-state index contributed by atoms with van der Waals surface area (Å²) >= 11 is 12.1. The largest absolute Gasteiger partial charge is 0.495 e. The Morgan fingerprint density at radius 3 is 2.33 bits per heavy atom. The molecule has 6 rings (SSSR count). The van der Waals surface area contributed by atoms with Crippen LogP contribution in [-0.4, -0.2) is 76.5 Å². The Bertz CT molecular complexity index is 1890. The quantitative estimate of drug-likeness (QED) is 0.193. The summed E-state index contributed by atoms with van der Waals surface area (Å²) in [5, 5.41) is 1.58. The lowest BCUT2D eigenvalue weighted by molar-refractivity contribution is 0.0618. The van der Waals surface area contributed by atoms with Crippen molar-refractivity contribution in [2.45, 2.75) is 6.54 Å². The first-order valence-corrected chi connectivity index (χ1v) is 15.4. The maximum Gasteiger partial charge on any atom is 0.270 e. The van der Waals surface area contributed by atoms with Crippen LogP contribution in [0.1, 0.15) is 26.5 Å². The van der Waals surface area contributed by atoms with Crippen molar-refractivity contribution in [3.63, 3.8) is 0 Å². The van der Waals surface area contributed by atoms with Crippen LogP contribution >= 0.6 is 23.2 Å². The molecule has 0 aliphatic carbocycles. The van der Waals surface area contributed by atoms with Crippen LogP contribution in [0.4, 0.5) is 5.69 Å². The van der Waals surface area contributed by atoms with E-state index < -0.39 is 0 Å². The Morgan fingerprint density at radius 2 is 1.65 bits per heavy atom. The molecule has 3 aromatic heterocycles. The highest BCUT2D eigenvalue weighted by Gasteiger charge is 2.25. The number of pyridine rings is 2. The molecule has 0 radical (unpaired) electrons. The van der Waals surface area contributed by atoms with Gasteiger partial charge in [-0.25, -0.2) is 4.98 Å². The van der Waals surface area contributed by atoms with Gasteiger partial charge in [-0.3, -0.25) is 19.5 Å². The summed E-state index contributed by atoms with van der Waals surface area (Å²) in [5.74, 6) is 1.44. The van der Waals surface area contributed by atoms with Crippen molar-refractivity contribution in [1.29, 1.82) is 0 Å². The van der Waals surface area contributed by atoms with Gasteiger partial charge < -0.3 is 23.8 Å². The number of hydrogen-bond acceptors (Lipinski definition) is 7. The van der Waals surface area contributed by atoms with Gasteiger partial charge in [-0.1, -0.05) is 23.2 Å². The zero-order valence-corrected chi connectivity index (χ0v) is 27.1. The number of nitrogens with zero attached hydrogens (tertiary/aromatic N) is 6. The minimum Gasteiger partial charge on any atom is -0.495 e. The van der Waals surface area contributed by atoms with E-state index in [2.05, 4.69) is 14.9 Å². The predicted molar refractivity (Wildman–Crippen MR) is 178 cm³/mol. The number of hydrogen-bond donors (Lipinski definition) is 0. The Kier molecular flexibility index (Phi) is 9.12. The van der Waals surface area contributed by atoms with Gasteiger partial charge in [0.15, 0.2) is 0 Å². The van der Waals surface area contributed by atoms with Crippen LogP contribution in [0.3, 0.4) is 0 Å². The molecule has 0 spiro atoms.